The third-order valence-corrected chi connectivity index (χ3v) is 6.31. The van der Waals surface area contributed by atoms with Crippen molar-refractivity contribution in [2.45, 2.75) is 25.0 Å². The third-order valence-electron chi connectivity index (χ3n) is 5.57. The van der Waals surface area contributed by atoms with Gasteiger partial charge < -0.3 is 14.2 Å². The van der Waals surface area contributed by atoms with Gasteiger partial charge in [0.25, 0.3) is 0 Å². The van der Waals surface area contributed by atoms with Gasteiger partial charge in [-0.05, 0) is 37.1 Å². The van der Waals surface area contributed by atoms with Gasteiger partial charge >= 0.3 is 0 Å². The number of hydrogen-bond donors (Lipinski definition) is 0. The molecule has 6 nitrogen and oxygen atoms in total. The molecule has 0 spiro atoms. The molecular weight excluding hydrogens is 415 g/mol. The number of benzene rings is 2. The number of nitrogens with zero attached hydrogens (tertiary/aromatic N) is 2. The van der Waals surface area contributed by atoms with E-state index >= 15 is 0 Å². The number of anilines is 1. The maximum Gasteiger partial charge on any atom is 0.246 e. The lowest BCUT2D eigenvalue weighted by molar-refractivity contribution is -0.119. The molecule has 2 saturated heterocycles. The maximum absolute atomic E-state index is 13.4. The lowest BCUT2D eigenvalue weighted by Crippen LogP contribution is -2.32. The van der Waals surface area contributed by atoms with E-state index in [1.165, 1.54) is 0 Å². The largest absolute Gasteiger partial charge is 0.496 e. The number of amides is 1. The first-order valence-electron chi connectivity index (χ1n) is 9.34. The van der Waals surface area contributed by atoms with Crippen LogP contribution in [0, 0.1) is 0 Å². The van der Waals surface area contributed by atoms with Crippen molar-refractivity contribution in [2.24, 2.45) is 0 Å². The summed E-state index contributed by atoms with van der Waals surface area (Å²) in [6.45, 7) is 0.816. The van der Waals surface area contributed by atoms with Gasteiger partial charge in [-0.15, -0.1) is 0 Å². The average molecular weight is 437 g/mol. The van der Waals surface area contributed by atoms with Gasteiger partial charge in [-0.2, -0.15) is 0 Å². The van der Waals surface area contributed by atoms with E-state index in [0.29, 0.717) is 33.0 Å². The average Bonchev–Trinajstić information content (AvgIpc) is 3.31. The van der Waals surface area contributed by atoms with E-state index in [2.05, 4.69) is 4.90 Å². The van der Waals surface area contributed by atoms with E-state index < -0.39 is 0 Å². The van der Waals surface area contributed by atoms with Gasteiger partial charge in [-0.3, -0.25) is 14.6 Å². The SMILES string of the molecule is COc1cc(OC)c([C@H]2N(c3ccc(Cl)c(Cl)c3)C(=O)[C@@H]3CCCN32)cc1OC. The van der Waals surface area contributed by atoms with Gasteiger partial charge in [0.1, 0.15) is 11.9 Å². The van der Waals surface area contributed by atoms with Crippen LogP contribution in [0.2, 0.25) is 10.0 Å². The molecule has 0 unspecified atom stereocenters. The number of methoxy groups -OCH3 is 3. The molecule has 2 heterocycles. The topological polar surface area (TPSA) is 51.2 Å². The van der Waals surface area contributed by atoms with Crippen molar-refractivity contribution < 1.29 is 19.0 Å². The smallest absolute Gasteiger partial charge is 0.246 e. The maximum atomic E-state index is 13.4. The molecule has 4 rings (SSSR count). The molecule has 2 aromatic rings. The highest BCUT2D eigenvalue weighted by Crippen LogP contribution is 2.48. The number of carbonyl (C=O) groups excluding carboxylic acids is 1. The molecule has 2 aliphatic rings. The Morgan fingerprint density at radius 1 is 0.931 bits per heavy atom. The van der Waals surface area contributed by atoms with Crippen LogP contribution in [-0.2, 0) is 4.79 Å². The molecule has 2 aliphatic heterocycles. The number of carbonyl (C=O) groups is 1. The third kappa shape index (κ3) is 3.29. The molecule has 0 saturated carbocycles. The van der Waals surface area contributed by atoms with E-state index in [0.717, 1.165) is 24.9 Å². The number of rotatable bonds is 5. The van der Waals surface area contributed by atoms with Crippen LogP contribution in [0.5, 0.6) is 17.2 Å². The lowest BCUT2D eigenvalue weighted by Gasteiger charge is -2.31. The van der Waals surface area contributed by atoms with Crippen molar-refractivity contribution in [3.05, 3.63) is 45.9 Å². The van der Waals surface area contributed by atoms with Crippen molar-refractivity contribution in [3.63, 3.8) is 0 Å². The minimum atomic E-state index is -0.345. The first kappa shape index (κ1) is 20.1. The minimum absolute atomic E-state index is 0.0442. The zero-order chi connectivity index (χ0) is 20.7. The molecule has 2 aromatic carbocycles. The summed E-state index contributed by atoms with van der Waals surface area (Å²) in [5.74, 6) is 1.81. The predicted molar refractivity (Wildman–Crippen MR) is 113 cm³/mol. The van der Waals surface area contributed by atoms with E-state index in [9.17, 15) is 4.79 Å². The summed E-state index contributed by atoms with van der Waals surface area (Å²) >= 11 is 12.4. The van der Waals surface area contributed by atoms with Crippen molar-refractivity contribution >= 4 is 34.8 Å². The summed E-state index contributed by atoms with van der Waals surface area (Å²) in [6, 6.07) is 8.74. The van der Waals surface area contributed by atoms with Crippen LogP contribution in [-0.4, -0.2) is 44.7 Å². The monoisotopic (exact) mass is 436 g/mol. The summed E-state index contributed by atoms with van der Waals surface area (Å²) in [6.07, 6.45) is 1.45. The van der Waals surface area contributed by atoms with Gasteiger partial charge in [-0.1, -0.05) is 23.2 Å². The van der Waals surface area contributed by atoms with Gasteiger partial charge in [0.2, 0.25) is 5.91 Å². The zero-order valence-corrected chi connectivity index (χ0v) is 18.0. The minimum Gasteiger partial charge on any atom is -0.496 e. The van der Waals surface area contributed by atoms with Crippen molar-refractivity contribution in [1.29, 1.82) is 0 Å². The first-order valence-corrected chi connectivity index (χ1v) is 10.1. The Morgan fingerprint density at radius 2 is 1.62 bits per heavy atom. The van der Waals surface area contributed by atoms with Crippen LogP contribution in [0.3, 0.4) is 0 Å². The Balaban J connectivity index is 1.88. The highest BCUT2D eigenvalue weighted by Gasteiger charge is 2.50. The molecule has 1 amide bonds. The van der Waals surface area contributed by atoms with E-state index in [1.54, 1.807) is 44.4 Å². The molecule has 2 fully saturated rings. The van der Waals surface area contributed by atoms with Gasteiger partial charge in [0.15, 0.2) is 11.5 Å². The van der Waals surface area contributed by atoms with Crippen LogP contribution in [0.1, 0.15) is 24.6 Å². The van der Waals surface area contributed by atoms with E-state index in [1.807, 2.05) is 12.1 Å². The molecule has 0 aromatic heterocycles. The Kier molecular flexibility index (Phi) is 5.51. The molecule has 29 heavy (non-hydrogen) atoms. The predicted octanol–water partition coefficient (Wildman–Crippen LogP) is 4.53. The number of fused-ring (bicyclic) bond motifs is 1. The summed E-state index contributed by atoms with van der Waals surface area (Å²) in [4.78, 5) is 17.3. The second-order valence-corrected chi connectivity index (χ2v) is 7.84. The summed E-state index contributed by atoms with van der Waals surface area (Å²) < 4.78 is 16.6. The van der Waals surface area contributed by atoms with Crippen molar-refractivity contribution in [3.8, 4) is 17.2 Å². The fourth-order valence-electron chi connectivity index (χ4n) is 4.25. The fraction of sp³-hybridized carbons (Fsp3) is 0.381. The van der Waals surface area contributed by atoms with Gasteiger partial charge in [-0.25, -0.2) is 0 Å². The summed E-state index contributed by atoms with van der Waals surface area (Å²) in [5.41, 5.74) is 1.52. The van der Waals surface area contributed by atoms with Crippen molar-refractivity contribution in [2.75, 3.05) is 32.8 Å². The highest BCUT2D eigenvalue weighted by atomic mass is 35.5. The van der Waals surface area contributed by atoms with Crippen LogP contribution in [0.25, 0.3) is 0 Å². The fourth-order valence-corrected chi connectivity index (χ4v) is 4.54. The van der Waals surface area contributed by atoms with Crippen LogP contribution < -0.4 is 19.1 Å². The number of halogens is 2. The normalized spacial score (nSPS) is 21.4. The second kappa shape index (κ2) is 7.94. The Hall–Kier alpha value is -2.15. The molecule has 0 bridgehead atoms. The number of ether oxygens (including phenoxy) is 3. The van der Waals surface area contributed by atoms with Crippen LogP contribution >= 0.6 is 23.2 Å². The highest BCUT2D eigenvalue weighted by molar-refractivity contribution is 6.42. The van der Waals surface area contributed by atoms with Crippen molar-refractivity contribution in [1.82, 2.24) is 4.90 Å². The first-order chi connectivity index (χ1) is 14.0. The number of hydrogen-bond acceptors (Lipinski definition) is 5. The Morgan fingerprint density at radius 3 is 2.28 bits per heavy atom. The Bertz CT molecular complexity index is 953. The van der Waals surface area contributed by atoms with Crippen LogP contribution in [0.4, 0.5) is 5.69 Å². The quantitative estimate of drug-likeness (QED) is 0.688. The standard InChI is InChI=1S/C21H22Cl2N2O4/c1-27-17-11-19(29-3)18(28-2)10-13(17)20-24-8-4-5-16(24)21(26)25(20)12-6-7-14(22)15(23)9-12/h6-7,9-11,16,20H,4-5,8H2,1-3H3/t16-,20+/m0/s1. The van der Waals surface area contributed by atoms with E-state index in [4.69, 9.17) is 37.4 Å². The zero-order valence-electron chi connectivity index (χ0n) is 16.4. The lowest BCUT2D eigenvalue weighted by atomic mass is 10.1. The Labute approximate surface area is 179 Å². The van der Waals surface area contributed by atoms with E-state index in [-0.39, 0.29) is 18.1 Å². The van der Waals surface area contributed by atoms with Crippen LogP contribution in [0.15, 0.2) is 30.3 Å². The van der Waals surface area contributed by atoms with Gasteiger partial charge in [0.05, 0.1) is 37.4 Å². The second-order valence-electron chi connectivity index (χ2n) is 7.03. The molecule has 2 atom stereocenters. The van der Waals surface area contributed by atoms with Gasteiger partial charge in [0, 0.05) is 23.9 Å². The summed E-state index contributed by atoms with van der Waals surface area (Å²) in [7, 11) is 4.77. The molecule has 0 radical (unpaired) electrons. The molecule has 154 valence electrons. The molecule has 0 N–H and O–H groups in total. The summed E-state index contributed by atoms with van der Waals surface area (Å²) in [5, 5.41) is 0.852. The molecule has 8 heteroatoms. The molecular formula is C21H22Cl2N2O4. The molecule has 0 aliphatic carbocycles.